The number of halogens is 1. The Morgan fingerprint density at radius 3 is 2.17 bits per heavy atom. The molecule has 4 rings (SSSR count). The van der Waals surface area contributed by atoms with Crippen molar-refractivity contribution >= 4 is 17.6 Å². The molecule has 41 heavy (non-hydrogen) atoms. The van der Waals surface area contributed by atoms with E-state index in [-0.39, 0.29) is 24.8 Å². The highest BCUT2D eigenvalue weighted by Gasteiger charge is 2.31. The lowest BCUT2D eigenvalue weighted by atomic mass is 9.94. The van der Waals surface area contributed by atoms with Crippen LogP contribution >= 0.6 is 0 Å². The molecule has 0 radical (unpaired) electrons. The number of amides is 1. The van der Waals surface area contributed by atoms with Crippen LogP contribution in [-0.4, -0.2) is 44.0 Å². The summed E-state index contributed by atoms with van der Waals surface area (Å²) in [5, 5.41) is 27.9. The molecule has 0 unspecified atom stereocenters. The van der Waals surface area contributed by atoms with Crippen LogP contribution in [0.4, 0.5) is 10.1 Å². The number of carboxylic acid groups (broad SMARTS) is 1. The number of aliphatic carboxylic acids is 1. The molecule has 3 aromatic carbocycles. The number of aliphatic hydroxyl groups excluding tert-OH is 2. The quantitative estimate of drug-likeness (QED) is 0.162. The second kappa shape index (κ2) is 13.4. The normalized spacial score (nSPS) is 14.0. The van der Waals surface area contributed by atoms with E-state index in [0.29, 0.717) is 33.8 Å². The van der Waals surface area contributed by atoms with Gasteiger partial charge in [0.1, 0.15) is 5.82 Å². The number of carboxylic acids is 1. The molecule has 0 saturated carbocycles. The highest BCUT2D eigenvalue weighted by Crippen LogP contribution is 2.42. The summed E-state index contributed by atoms with van der Waals surface area (Å²) in [4.78, 5) is 25.8. The smallest absolute Gasteiger partial charge is 0.305 e. The van der Waals surface area contributed by atoms with Crippen LogP contribution in [-0.2, 0) is 11.3 Å². The third kappa shape index (κ3) is 7.28. The van der Waals surface area contributed by atoms with Crippen molar-refractivity contribution in [2.45, 2.75) is 57.7 Å². The fourth-order valence-corrected chi connectivity index (χ4v) is 5.06. The molecule has 2 atom stereocenters. The standard InChI is InChI=1S/C33H35FN2O5/c1-21(2)31-30(33(41)35-25-11-7-4-8-12-25)29(22-9-5-3-6-10-22)32(23-13-15-24(34)16-14-23)36(31)18-17-26(37)19-27(38)20-28(39)40/h3-16,21,26-27,37-38H,17-20H2,1-2H3,(H,35,41)(H,39,40)/t26-,27+/m0/s1/i20D2/hD. The number of para-hydroxylation sites is 1. The Morgan fingerprint density at radius 1 is 0.927 bits per heavy atom. The Balaban J connectivity index is 1.86. The third-order valence-corrected chi connectivity index (χ3v) is 6.76. The van der Waals surface area contributed by atoms with Gasteiger partial charge in [-0.3, -0.25) is 9.59 Å². The van der Waals surface area contributed by atoms with E-state index in [4.69, 9.17) is 4.17 Å². The first-order valence-corrected chi connectivity index (χ1v) is 13.4. The lowest BCUT2D eigenvalue weighted by Gasteiger charge is -2.20. The van der Waals surface area contributed by atoms with Gasteiger partial charge in [-0.2, -0.15) is 0 Å². The van der Waals surface area contributed by atoms with E-state index in [2.05, 4.69) is 10.4 Å². The first-order chi connectivity index (χ1) is 20.9. The number of anilines is 1. The van der Waals surface area contributed by atoms with Gasteiger partial charge in [0.2, 0.25) is 0 Å². The van der Waals surface area contributed by atoms with Crippen LogP contribution in [0.15, 0.2) is 84.9 Å². The molecule has 4 N–H and O–H groups in total. The molecule has 0 saturated heterocycles. The molecule has 0 aliphatic heterocycles. The molecule has 4 aromatic rings. The maximum absolute atomic E-state index is 14.1. The van der Waals surface area contributed by atoms with Gasteiger partial charge in [0.25, 0.3) is 7.34 Å². The molecule has 0 aliphatic carbocycles. The molecule has 0 fully saturated rings. The zero-order chi connectivity index (χ0) is 32.0. The van der Waals surface area contributed by atoms with Crippen LogP contribution in [0.3, 0.4) is 0 Å². The lowest BCUT2D eigenvalue weighted by molar-refractivity contribution is -0.139. The van der Waals surface area contributed by atoms with Crippen molar-refractivity contribution < 1.29 is 32.0 Å². The van der Waals surface area contributed by atoms with Crippen molar-refractivity contribution in [3.05, 3.63) is 102 Å². The number of benzene rings is 3. The Morgan fingerprint density at radius 2 is 1.56 bits per heavy atom. The van der Waals surface area contributed by atoms with Crippen LogP contribution in [0.1, 0.15) is 57.8 Å². The Kier molecular flexibility index (Phi) is 8.39. The number of carbonyl (C=O) groups excluding carboxylic acids is 1. The zero-order valence-corrected chi connectivity index (χ0v) is 22.9. The monoisotopic (exact) mass is 561 g/mol. The minimum Gasteiger partial charge on any atom is -0.481 e. The van der Waals surface area contributed by atoms with Gasteiger partial charge >= 0.3 is 5.97 Å². The summed E-state index contributed by atoms with van der Waals surface area (Å²) in [6.07, 6.45) is -6.56. The molecule has 0 aliphatic rings. The fourth-order valence-electron chi connectivity index (χ4n) is 5.06. The van der Waals surface area contributed by atoms with Gasteiger partial charge in [-0.1, -0.05) is 62.4 Å². The number of aliphatic hydroxyl groups is 2. The van der Waals surface area contributed by atoms with Crippen LogP contribution < -0.4 is 5.32 Å². The van der Waals surface area contributed by atoms with Crippen LogP contribution in [0.5, 0.6) is 0 Å². The van der Waals surface area contributed by atoms with E-state index in [0.717, 1.165) is 5.56 Å². The second-order valence-corrected chi connectivity index (χ2v) is 10.1. The van der Waals surface area contributed by atoms with Crippen LogP contribution in [0.2, 0.25) is 0 Å². The lowest BCUT2D eigenvalue weighted by Crippen LogP contribution is -2.22. The van der Waals surface area contributed by atoms with Gasteiger partial charge in [0.05, 0.1) is 29.8 Å². The van der Waals surface area contributed by atoms with Crippen molar-refractivity contribution in [3.63, 3.8) is 0 Å². The maximum atomic E-state index is 14.1. The van der Waals surface area contributed by atoms with Gasteiger partial charge in [-0.25, -0.2) is 4.39 Å². The third-order valence-electron chi connectivity index (χ3n) is 6.76. The fraction of sp³-hybridized carbons (Fsp3) is 0.273. The molecule has 8 heteroatoms. The van der Waals surface area contributed by atoms with E-state index in [1.54, 1.807) is 24.3 Å². The largest absolute Gasteiger partial charge is 0.481 e. The van der Waals surface area contributed by atoms with Crippen LogP contribution in [0.25, 0.3) is 23.8 Å². The first kappa shape index (κ1) is 25.7. The van der Waals surface area contributed by atoms with E-state index >= 15 is 0 Å². The topological polar surface area (TPSA) is 112 Å². The number of carbonyl (C=O) groups is 2. The molecule has 7 nitrogen and oxygen atoms in total. The molecule has 1 heterocycles. The molecule has 0 spiro atoms. The highest BCUT2D eigenvalue weighted by atomic mass is 19.1. The summed E-state index contributed by atoms with van der Waals surface area (Å²) < 4.78 is 38.2. The van der Waals surface area contributed by atoms with E-state index < -0.39 is 36.8 Å². The summed E-state index contributed by atoms with van der Waals surface area (Å²) in [5.41, 5.74) is 4.32. The van der Waals surface area contributed by atoms with E-state index in [9.17, 15) is 24.2 Å². The van der Waals surface area contributed by atoms with Crippen molar-refractivity contribution in [2.24, 2.45) is 0 Å². The average molecular weight is 562 g/mol. The molecule has 1 aromatic heterocycles. The first-order valence-electron chi connectivity index (χ1n) is 14.8. The highest BCUT2D eigenvalue weighted by molar-refractivity contribution is 6.12. The van der Waals surface area contributed by atoms with Gasteiger partial charge in [0.15, 0.2) is 0 Å². The predicted molar refractivity (Wildman–Crippen MR) is 157 cm³/mol. The number of nitrogens with zero attached hydrogens (tertiary/aromatic N) is 1. The van der Waals surface area contributed by atoms with E-state index in [1.165, 1.54) is 12.1 Å². The van der Waals surface area contributed by atoms with E-state index in [1.807, 2.05) is 66.9 Å². The number of hydrogen-bond acceptors (Lipinski definition) is 5. The van der Waals surface area contributed by atoms with Gasteiger partial charge in [-0.15, -0.1) is 0 Å². The van der Waals surface area contributed by atoms with Gasteiger partial charge in [-0.05, 0) is 66.3 Å². The van der Waals surface area contributed by atoms with Crippen molar-refractivity contribution in [1.29, 1.82) is 1.43 Å². The summed E-state index contributed by atoms with van der Waals surface area (Å²) in [6, 6.07) is 24.3. The molecular formula is C33H35FN2O5. The van der Waals surface area contributed by atoms with Gasteiger partial charge < -0.3 is 25.2 Å². The Bertz CT molecular complexity index is 1580. The summed E-state index contributed by atoms with van der Waals surface area (Å²) in [5.74, 6) is -2.53. The molecular weight excluding hydrogens is 523 g/mol. The summed E-state index contributed by atoms with van der Waals surface area (Å²) in [6.45, 7) is 4.02. The Hall–Kier alpha value is -4.27. The maximum Gasteiger partial charge on any atom is 0.305 e. The average Bonchev–Trinajstić information content (AvgIpc) is 3.36. The minimum atomic E-state index is -2.89. The summed E-state index contributed by atoms with van der Waals surface area (Å²) >= 11 is 0. The molecule has 1 amide bonds. The minimum absolute atomic E-state index is 0.0135. The van der Waals surface area contributed by atoms with Crippen molar-refractivity contribution in [1.82, 2.24) is 4.57 Å². The van der Waals surface area contributed by atoms with Crippen LogP contribution in [0, 0.1) is 5.82 Å². The SMILES string of the molecule is [2H]OC(=O)C([2H])([2H])[C@H](O)C[C@@H](O)CCn1c(-c2ccc(F)cc2)c(-c2ccccc2)c(C(=O)Nc2ccccc2)c1C(C)C. The number of rotatable bonds is 12. The number of aromatic nitrogens is 1. The van der Waals surface area contributed by atoms with Gasteiger partial charge in [0, 0.05) is 26.2 Å². The Labute approximate surface area is 243 Å². The second-order valence-electron chi connectivity index (χ2n) is 10.1. The zero-order valence-electron chi connectivity index (χ0n) is 25.9. The molecule has 214 valence electrons. The van der Waals surface area contributed by atoms with Crippen molar-refractivity contribution in [3.8, 4) is 22.4 Å². The van der Waals surface area contributed by atoms with Crippen molar-refractivity contribution in [2.75, 3.05) is 5.32 Å². The number of nitrogens with one attached hydrogen (secondary N) is 1. The molecule has 0 bridgehead atoms. The predicted octanol–water partition coefficient (Wildman–Crippen LogP) is 6.31. The summed E-state index contributed by atoms with van der Waals surface area (Å²) in [7, 11) is 0. The number of hydrogen-bond donors (Lipinski definition) is 4.